The highest BCUT2D eigenvalue weighted by Gasteiger charge is 2.23. The molecule has 0 saturated heterocycles. The second kappa shape index (κ2) is 9.63. The van der Waals surface area contributed by atoms with Crippen LogP contribution >= 0.6 is 0 Å². The molecule has 1 N–H and O–H groups in total. The third-order valence-electron chi connectivity index (χ3n) is 5.26. The van der Waals surface area contributed by atoms with E-state index in [0.717, 1.165) is 11.1 Å². The van der Waals surface area contributed by atoms with E-state index in [1.165, 1.54) is 29.2 Å². The SMILES string of the molecule is Cc1cc(C)c(S(=O)(=O)NCCN(C(=O)c2ccccc2C)c2ccc(F)cc2)c(C)c1. The van der Waals surface area contributed by atoms with Crippen LogP contribution in [0.2, 0.25) is 0 Å². The third kappa shape index (κ3) is 5.23. The van der Waals surface area contributed by atoms with E-state index >= 15 is 0 Å². The summed E-state index contributed by atoms with van der Waals surface area (Å²) < 4.78 is 42.0. The normalized spacial score (nSPS) is 11.4. The van der Waals surface area contributed by atoms with Crippen LogP contribution in [0.25, 0.3) is 0 Å². The number of halogens is 1. The van der Waals surface area contributed by atoms with E-state index < -0.39 is 15.8 Å². The predicted octanol–water partition coefficient (Wildman–Crippen LogP) is 4.68. The Morgan fingerprint density at radius 1 is 0.906 bits per heavy atom. The number of nitrogens with one attached hydrogen (secondary N) is 1. The molecule has 1 amide bonds. The van der Waals surface area contributed by atoms with Gasteiger partial charge in [0.15, 0.2) is 0 Å². The second-order valence-electron chi connectivity index (χ2n) is 7.87. The quantitative estimate of drug-likeness (QED) is 0.564. The van der Waals surface area contributed by atoms with Gasteiger partial charge in [0.05, 0.1) is 4.90 Å². The smallest absolute Gasteiger partial charge is 0.258 e. The molecule has 0 aromatic heterocycles. The topological polar surface area (TPSA) is 66.5 Å². The Balaban J connectivity index is 1.85. The molecule has 0 aliphatic carbocycles. The van der Waals surface area contributed by atoms with Gasteiger partial charge >= 0.3 is 0 Å². The van der Waals surface area contributed by atoms with Crippen molar-refractivity contribution in [2.75, 3.05) is 18.0 Å². The number of amides is 1. The maximum absolute atomic E-state index is 13.4. The number of rotatable bonds is 7. The number of carbonyl (C=O) groups is 1. The Kier molecular flexibility index (Phi) is 7.11. The van der Waals surface area contributed by atoms with Gasteiger partial charge in [-0.3, -0.25) is 4.79 Å². The highest BCUT2D eigenvalue weighted by atomic mass is 32.2. The van der Waals surface area contributed by atoms with E-state index in [1.54, 1.807) is 26.0 Å². The van der Waals surface area contributed by atoms with Crippen molar-refractivity contribution in [1.29, 1.82) is 0 Å². The van der Waals surface area contributed by atoms with E-state index in [0.29, 0.717) is 22.4 Å². The summed E-state index contributed by atoms with van der Waals surface area (Å²) in [4.78, 5) is 15.0. The predicted molar refractivity (Wildman–Crippen MR) is 125 cm³/mol. The zero-order valence-electron chi connectivity index (χ0n) is 18.6. The van der Waals surface area contributed by atoms with Gasteiger partial charge in [0.2, 0.25) is 10.0 Å². The van der Waals surface area contributed by atoms with Crippen LogP contribution in [0.3, 0.4) is 0 Å². The lowest BCUT2D eigenvalue weighted by Crippen LogP contribution is -2.39. The number of hydrogen-bond acceptors (Lipinski definition) is 3. The molecule has 0 spiro atoms. The molecule has 0 fully saturated rings. The van der Waals surface area contributed by atoms with Crippen LogP contribution in [0.1, 0.15) is 32.6 Å². The molecule has 5 nitrogen and oxygen atoms in total. The Labute approximate surface area is 188 Å². The molecule has 0 unspecified atom stereocenters. The zero-order valence-corrected chi connectivity index (χ0v) is 19.5. The largest absolute Gasteiger partial charge is 0.307 e. The lowest BCUT2D eigenvalue weighted by Gasteiger charge is -2.24. The fourth-order valence-corrected chi connectivity index (χ4v) is 5.35. The van der Waals surface area contributed by atoms with Crippen LogP contribution in [0.4, 0.5) is 10.1 Å². The first-order chi connectivity index (χ1) is 15.1. The number of benzene rings is 3. The zero-order chi connectivity index (χ0) is 23.5. The molecule has 7 heteroatoms. The van der Waals surface area contributed by atoms with Gasteiger partial charge in [-0.1, -0.05) is 35.9 Å². The highest BCUT2D eigenvalue weighted by Crippen LogP contribution is 2.22. The van der Waals surface area contributed by atoms with E-state index in [2.05, 4.69) is 4.72 Å². The Morgan fingerprint density at radius 3 is 2.09 bits per heavy atom. The maximum Gasteiger partial charge on any atom is 0.258 e. The maximum atomic E-state index is 13.4. The van der Waals surface area contributed by atoms with Crippen molar-refractivity contribution in [3.8, 4) is 0 Å². The van der Waals surface area contributed by atoms with Crippen molar-refractivity contribution in [2.45, 2.75) is 32.6 Å². The standard InChI is InChI=1S/C25H27FN2O3S/c1-17-15-19(3)24(20(4)16-17)32(30,31)27-13-14-28(22-11-9-21(26)10-12-22)25(29)23-8-6-5-7-18(23)2/h5-12,15-16,27H,13-14H2,1-4H3. The Hall–Kier alpha value is -3.03. The van der Waals surface area contributed by atoms with Gasteiger partial charge in [0, 0.05) is 24.3 Å². The molecular weight excluding hydrogens is 427 g/mol. The molecule has 0 aliphatic rings. The van der Waals surface area contributed by atoms with Gasteiger partial charge in [-0.15, -0.1) is 0 Å². The van der Waals surface area contributed by atoms with Crippen LogP contribution in [0.15, 0.2) is 65.6 Å². The fourth-order valence-electron chi connectivity index (χ4n) is 3.88. The van der Waals surface area contributed by atoms with E-state index in [-0.39, 0.29) is 23.9 Å². The van der Waals surface area contributed by atoms with E-state index in [1.807, 2.05) is 38.1 Å². The van der Waals surface area contributed by atoms with Gasteiger partial charge in [-0.25, -0.2) is 17.5 Å². The second-order valence-corrected chi connectivity index (χ2v) is 9.58. The highest BCUT2D eigenvalue weighted by molar-refractivity contribution is 7.89. The average Bonchev–Trinajstić information content (AvgIpc) is 2.71. The van der Waals surface area contributed by atoms with Gasteiger partial charge in [-0.2, -0.15) is 0 Å². The van der Waals surface area contributed by atoms with Crippen molar-refractivity contribution < 1.29 is 17.6 Å². The molecule has 32 heavy (non-hydrogen) atoms. The monoisotopic (exact) mass is 454 g/mol. The van der Waals surface area contributed by atoms with Crippen molar-refractivity contribution in [1.82, 2.24) is 4.72 Å². The fraction of sp³-hybridized carbons (Fsp3) is 0.240. The van der Waals surface area contributed by atoms with Gasteiger partial charge < -0.3 is 4.90 Å². The molecule has 0 heterocycles. The minimum Gasteiger partial charge on any atom is -0.307 e. The summed E-state index contributed by atoms with van der Waals surface area (Å²) in [6.07, 6.45) is 0. The molecule has 0 saturated carbocycles. The van der Waals surface area contributed by atoms with E-state index in [4.69, 9.17) is 0 Å². The summed E-state index contributed by atoms with van der Waals surface area (Å²) in [6, 6.07) is 16.4. The minimum atomic E-state index is -3.77. The van der Waals surface area contributed by atoms with Crippen LogP contribution < -0.4 is 9.62 Å². The molecular formula is C25H27FN2O3S. The number of sulfonamides is 1. The minimum absolute atomic E-state index is 0.00405. The average molecular weight is 455 g/mol. The Morgan fingerprint density at radius 2 is 1.50 bits per heavy atom. The van der Waals surface area contributed by atoms with Crippen LogP contribution in [0.5, 0.6) is 0 Å². The summed E-state index contributed by atoms with van der Waals surface area (Å²) in [5.74, 6) is -0.695. The number of anilines is 1. The van der Waals surface area contributed by atoms with Gasteiger partial charge in [0.25, 0.3) is 5.91 Å². The Bertz CT molecular complexity index is 1220. The summed E-state index contributed by atoms with van der Waals surface area (Å²) in [5, 5.41) is 0. The molecule has 0 atom stereocenters. The van der Waals surface area contributed by atoms with E-state index in [9.17, 15) is 17.6 Å². The van der Waals surface area contributed by atoms with Crippen LogP contribution in [-0.4, -0.2) is 27.4 Å². The molecule has 168 valence electrons. The van der Waals surface area contributed by atoms with Gasteiger partial charge in [-0.05, 0) is 74.7 Å². The molecule has 0 bridgehead atoms. The molecule has 0 radical (unpaired) electrons. The van der Waals surface area contributed by atoms with Crippen LogP contribution in [0, 0.1) is 33.5 Å². The summed E-state index contributed by atoms with van der Waals surface area (Å²) in [7, 11) is -3.77. The number of aryl methyl sites for hydroxylation is 4. The summed E-state index contributed by atoms with van der Waals surface area (Å²) in [5.41, 5.74) is 4.12. The first-order valence-corrected chi connectivity index (χ1v) is 11.8. The third-order valence-corrected chi connectivity index (χ3v) is 7.03. The van der Waals surface area contributed by atoms with Gasteiger partial charge in [0.1, 0.15) is 5.82 Å². The molecule has 3 rings (SSSR count). The van der Waals surface area contributed by atoms with Crippen molar-refractivity contribution in [3.63, 3.8) is 0 Å². The summed E-state index contributed by atoms with van der Waals surface area (Å²) in [6.45, 7) is 7.37. The van der Waals surface area contributed by atoms with Crippen molar-refractivity contribution in [3.05, 3.63) is 94.3 Å². The molecule has 3 aromatic carbocycles. The lowest BCUT2D eigenvalue weighted by atomic mass is 10.1. The van der Waals surface area contributed by atoms with Crippen molar-refractivity contribution in [2.24, 2.45) is 0 Å². The number of nitrogens with zero attached hydrogens (tertiary/aromatic N) is 1. The summed E-state index contributed by atoms with van der Waals surface area (Å²) >= 11 is 0. The van der Waals surface area contributed by atoms with Crippen molar-refractivity contribution >= 4 is 21.6 Å². The first kappa shape index (κ1) is 23.6. The first-order valence-electron chi connectivity index (χ1n) is 10.3. The molecule has 0 aliphatic heterocycles. The van der Waals surface area contributed by atoms with Crippen LogP contribution in [-0.2, 0) is 10.0 Å². The lowest BCUT2D eigenvalue weighted by molar-refractivity contribution is 0.0986. The number of carbonyl (C=O) groups excluding carboxylic acids is 1. The number of hydrogen-bond donors (Lipinski definition) is 1. The molecule has 3 aromatic rings.